The minimum atomic E-state index is -0.144. The molecule has 1 aromatic heterocycles. The second-order valence-electron chi connectivity index (χ2n) is 5.01. The zero-order valence-corrected chi connectivity index (χ0v) is 12.6. The van der Waals surface area contributed by atoms with E-state index in [2.05, 4.69) is 10.00 Å². The Kier molecular flexibility index (Phi) is 6.27. The molecule has 2 atom stereocenters. The number of nitrogens with two attached hydrogens (primary N) is 1. The van der Waals surface area contributed by atoms with E-state index in [1.54, 1.807) is 20.4 Å². The van der Waals surface area contributed by atoms with Gasteiger partial charge < -0.3 is 20.1 Å². The summed E-state index contributed by atoms with van der Waals surface area (Å²) in [7, 11) is 7.40. The maximum Gasteiger partial charge on any atom is 0.161 e. The van der Waals surface area contributed by atoms with Crippen molar-refractivity contribution in [2.24, 2.45) is 5.73 Å². The van der Waals surface area contributed by atoms with Crippen LogP contribution in [0.5, 0.6) is 5.75 Å². The first-order valence-corrected chi connectivity index (χ1v) is 6.52. The van der Waals surface area contributed by atoms with Crippen LogP contribution in [0.3, 0.4) is 0 Å². The van der Waals surface area contributed by atoms with Crippen molar-refractivity contribution in [2.75, 3.05) is 34.9 Å². The van der Waals surface area contributed by atoms with Gasteiger partial charge in [-0.25, -0.2) is 0 Å². The molecule has 19 heavy (non-hydrogen) atoms. The highest BCUT2D eigenvalue weighted by Crippen LogP contribution is 2.26. The van der Waals surface area contributed by atoms with Crippen LogP contribution in [-0.4, -0.2) is 55.6 Å². The zero-order valence-electron chi connectivity index (χ0n) is 12.6. The molecule has 0 spiro atoms. The fourth-order valence-corrected chi connectivity index (χ4v) is 1.95. The first-order valence-electron chi connectivity index (χ1n) is 6.52. The van der Waals surface area contributed by atoms with E-state index < -0.39 is 0 Å². The van der Waals surface area contributed by atoms with Gasteiger partial charge in [-0.05, 0) is 27.4 Å². The molecule has 1 heterocycles. The van der Waals surface area contributed by atoms with E-state index in [9.17, 15) is 0 Å². The molecule has 0 aliphatic rings. The number of likely N-dealkylation sites (N-methyl/N-ethyl adjacent to an activating group) is 1. The standard InChI is InChI=1S/C13H26N4O2/c1-10(18-4)8-11(14)13-12(19-5)9-15-17(13)7-6-16(2)3/h9-11H,6-8,14H2,1-5H3. The highest BCUT2D eigenvalue weighted by molar-refractivity contribution is 5.28. The molecule has 6 nitrogen and oxygen atoms in total. The second-order valence-corrected chi connectivity index (χ2v) is 5.01. The van der Waals surface area contributed by atoms with Crippen LogP contribution in [0.4, 0.5) is 0 Å². The molecule has 1 rings (SSSR count). The Morgan fingerprint density at radius 3 is 2.63 bits per heavy atom. The van der Waals surface area contributed by atoms with Gasteiger partial charge in [0.1, 0.15) is 0 Å². The van der Waals surface area contributed by atoms with Gasteiger partial charge in [-0.2, -0.15) is 5.10 Å². The highest BCUT2D eigenvalue weighted by atomic mass is 16.5. The number of ether oxygens (including phenoxy) is 2. The lowest BCUT2D eigenvalue weighted by Gasteiger charge is -2.19. The lowest BCUT2D eigenvalue weighted by atomic mass is 10.1. The summed E-state index contributed by atoms with van der Waals surface area (Å²) in [5, 5.41) is 4.36. The fourth-order valence-electron chi connectivity index (χ4n) is 1.95. The molecule has 2 unspecified atom stereocenters. The summed E-state index contributed by atoms with van der Waals surface area (Å²) >= 11 is 0. The number of rotatable bonds is 8. The van der Waals surface area contributed by atoms with Gasteiger partial charge in [-0.3, -0.25) is 4.68 Å². The zero-order chi connectivity index (χ0) is 14.4. The van der Waals surface area contributed by atoms with Crippen LogP contribution in [0, 0.1) is 0 Å². The Morgan fingerprint density at radius 1 is 1.42 bits per heavy atom. The van der Waals surface area contributed by atoms with E-state index in [4.69, 9.17) is 15.2 Å². The molecule has 0 aliphatic carbocycles. The predicted molar refractivity (Wildman–Crippen MR) is 75.3 cm³/mol. The quantitative estimate of drug-likeness (QED) is 0.759. The number of hydrogen-bond donors (Lipinski definition) is 1. The molecule has 2 N–H and O–H groups in total. The smallest absolute Gasteiger partial charge is 0.161 e. The van der Waals surface area contributed by atoms with Crippen molar-refractivity contribution in [3.8, 4) is 5.75 Å². The lowest BCUT2D eigenvalue weighted by molar-refractivity contribution is 0.103. The monoisotopic (exact) mass is 270 g/mol. The molecule has 0 fully saturated rings. The van der Waals surface area contributed by atoms with Crippen LogP contribution in [0.1, 0.15) is 25.1 Å². The maximum atomic E-state index is 6.27. The highest BCUT2D eigenvalue weighted by Gasteiger charge is 2.20. The summed E-state index contributed by atoms with van der Waals surface area (Å²) in [5.74, 6) is 0.745. The molecule has 0 aromatic carbocycles. The molecule has 0 bridgehead atoms. The molecule has 0 aliphatic heterocycles. The van der Waals surface area contributed by atoms with Crippen LogP contribution >= 0.6 is 0 Å². The largest absolute Gasteiger partial charge is 0.493 e. The van der Waals surface area contributed by atoms with Gasteiger partial charge in [0.25, 0.3) is 0 Å². The van der Waals surface area contributed by atoms with E-state index in [1.165, 1.54) is 0 Å². The second kappa shape index (κ2) is 7.47. The summed E-state index contributed by atoms with van der Waals surface area (Å²) in [6.07, 6.45) is 2.57. The average Bonchev–Trinajstić information content (AvgIpc) is 2.78. The van der Waals surface area contributed by atoms with Crippen molar-refractivity contribution in [3.05, 3.63) is 11.9 Å². The summed E-state index contributed by atoms with van der Waals surface area (Å²) in [6, 6.07) is -0.144. The van der Waals surface area contributed by atoms with Gasteiger partial charge in [0.05, 0.1) is 37.7 Å². The number of methoxy groups -OCH3 is 2. The van der Waals surface area contributed by atoms with Crippen LogP contribution < -0.4 is 10.5 Å². The topological polar surface area (TPSA) is 65.5 Å². The van der Waals surface area contributed by atoms with Crippen molar-refractivity contribution in [1.29, 1.82) is 0 Å². The van der Waals surface area contributed by atoms with Crippen LogP contribution in [0.25, 0.3) is 0 Å². The van der Waals surface area contributed by atoms with Crippen molar-refractivity contribution >= 4 is 0 Å². The molecule has 6 heteroatoms. The van der Waals surface area contributed by atoms with Crippen molar-refractivity contribution in [3.63, 3.8) is 0 Å². The summed E-state index contributed by atoms with van der Waals surface area (Å²) in [6.45, 7) is 3.71. The Morgan fingerprint density at radius 2 is 2.11 bits per heavy atom. The Hall–Kier alpha value is -1.11. The molecule has 0 saturated heterocycles. The minimum absolute atomic E-state index is 0.108. The summed E-state index contributed by atoms with van der Waals surface area (Å²) in [5.41, 5.74) is 7.20. The van der Waals surface area contributed by atoms with E-state index in [0.717, 1.165) is 31.0 Å². The molecule has 0 amide bonds. The summed E-state index contributed by atoms with van der Waals surface area (Å²) in [4.78, 5) is 2.11. The lowest BCUT2D eigenvalue weighted by Crippen LogP contribution is -2.25. The first kappa shape index (κ1) is 15.9. The van der Waals surface area contributed by atoms with Crippen LogP contribution in [0.15, 0.2) is 6.20 Å². The molecule has 1 aromatic rings. The van der Waals surface area contributed by atoms with Crippen molar-refractivity contribution < 1.29 is 9.47 Å². The van der Waals surface area contributed by atoms with Crippen LogP contribution in [-0.2, 0) is 11.3 Å². The molecular formula is C13H26N4O2. The number of nitrogens with zero attached hydrogens (tertiary/aromatic N) is 3. The van der Waals surface area contributed by atoms with Gasteiger partial charge in [0.15, 0.2) is 5.75 Å². The molecule has 0 saturated carbocycles. The van der Waals surface area contributed by atoms with E-state index >= 15 is 0 Å². The van der Waals surface area contributed by atoms with Gasteiger partial charge in [0.2, 0.25) is 0 Å². The van der Waals surface area contributed by atoms with Gasteiger partial charge in [-0.15, -0.1) is 0 Å². The Bertz CT molecular complexity index is 379. The van der Waals surface area contributed by atoms with E-state index in [-0.39, 0.29) is 12.1 Å². The van der Waals surface area contributed by atoms with Gasteiger partial charge in [-0.1, -0.05) is 0 Å². The normalized spacial score (nSPS) is 14.7. The van der Waals surface area contributed by atoms with Crippen LogP contribution in [0.2, 0.25) is 0 Å². The molecule has 0 radical (unpaired) electrons. The van der Waals surface area contributed by atoms with E-state index in [0.29, 0.717) is 0 Å². The van der Waals surface area contributed by atoms with Gasteiger partial charge >= 0.3 is 0 Å². The number of aromatic nitrogens is 2. The first-order chi connectivity index (χ1) is 8.99. The van der Waals surface area contributed by atoms with Crippen molar-refractivity contribution in [1.82, 2.24) is 14.7 Å². The molecular weight excluding hydrogens is 244 g/mol. The third-order valence-corrected chi connectivity index (χ3v) is 3.16. The van der Waals surface area contributed by atoms with Gasteiger partial charge in [0, 0.05) is 13.7 Å². The van der Waals surface area contributed by atoms with Crippen molar-refractivity contribution in [2.45, 2.75) is 32.0 Å². The third-order valence-electron chi connectivity index (χ3n) is 3.16. The molecule has 110 valence electrons. The Labute approximate surface area is 115 Å². The average molecular weight is 270 g/mol. The SMILES string of the molecule is COc1cnn(CCN(C)C)c1C(N)CC(C)OC. The number of hydrogen-bond acceptors (Lipinski definition) is 5. The maximum absolute atomic E-state index is 6.27. The predicted octanol–water partition coefficient (Wildman–Crippen LogP) is 0.878. The Balaban J connectivity index is 2.85. The third kappa shape index (κ3) is 4.49. The fraction of sp³-hybridized carbons (Fsp3) is 0.769. The van der Waals surface area contributed by atoms with E-state index in [1.807, 2.05) is 25.7 Å². The summed E-state index contributed by atoms with van der Waals surface area (Å²) < 4.78 is 12.5. The minimum Gasteiger partial charge on any atom is -0.493 e.